The van der Waals surface area contributed by atoms with Crippen molar-refractivity contribution in [1.29, 1.82) is 0 Å². The normalized spacial score (nSPS) is 9.64. The van der Waals surface area contributed by atoms with Gasteiger partial charge in [-0.05, 0) is 0 Å². The van der Waals surface area contributed by atoms with E-state index in [-0.39, 0.29) is 10.7 Å². The summed E-state index contributed by atoms with van der Waals surface area (Å²) in [7, 11) is 0. The van der Waals surface area contributed by atoms with E-state index in [0.29, 0.717) is 0 Å². The van der Waals surface area contributed by atoms with Gasteiger partial charge in [0.1, 0.15) is 11.2 Å². The Labute approximate surface area is 65.8 Å². The fraction of sp³-hybridized carbons (Fsp3) is 0. The number of aromatic nitrogens is 1. The van der Waals surface area contributed by atoms with Crippen LogP contribution in [0.2, 0.25) is 5.02 Å². The molecule has 0 fully saturated rings. The third kappa shape index (κ3) is 1.62. The van der Waals surface area contributed by atoms with E-state index in [4.69, 9.17) is 11.6 Å². The summed E-state index contributed by atoms with van der Waals surface area (Å²) in [4.78, 5) is 12.4. The zero-order valence-corrected chi connectivity index (χ0v) is 5.88. The summed E-state index contributed by atoms with van der Waals surface area (Å²) < 4.78 is 12.3. The molecule has 1 heterocycles. The number of hydrogen-bond acceptors (Lipinski definition) is 3. The molecule has 0 radical (unpaired) electrons. The third-order valence-electron chi connectivity index (χ3n) is 0.993. The van der Waals surface area contributed by atoms with E-state index in [9.17, 15) is 14.5 Å². The van der Waals surface area contributed by atoms with E-state index >= 15 is 0 Å². The molecule has 0 N–H and O–H groups in total. The Hall–Kier alpha value is -1.23. The maximum atomic E-state index is 12.3. The molecule has 1 aromatic heterocycles. The molecular weight excluding hydrogens is 175 g/mol. The summed E-state index contributed by atoms with van der Waals surface area (Å²) in [5.41, 5.74) is -0.323. The van der Waals surface area contributed by atoms with E-state index in [2.05, 4.69) is 4.98 Å². The van der Waals surface area contributed by atoms with Crippen LogP contribution < -0.4 is 0 Å². The second-order valence-electron chi connectivity index (χ2n) is 1.72. The Morgan fingerprint density at radius 2 is 2.36 bits per heavy atom. The predicted octanol–water partition coefficient (Wildman–Crippen LogP) is 1.78. The van der Waals surface area contributed by atoms with Gasteiger partial charge >= 0.3 is 0 Å². The van der Waals surface area contributed by atoms with Gasteiger partial charge in [-0.3, -0.25) is 10.1 Å². The highest BCUT2D eigenvalue weighted by Gasteiger charge is 2.09. The molecule has 0 unspecified atom stereocenters. The van der Waals surface area contributed by atoms with Crippen LogP contribution in [-0.4, -0.2) is 9.91 Å². The number of pyridine rings is 1. The Morgan fingerprint density at radius 3 is 2.82 bits per heavy atom. The van der Waals surface area contributed by atoms with Gasteiger partial charge in [0.2, 0.25) is 5.95 Å². The molecule has 0 saturated carbocycles. The van der Waals surface area contributed by atoms with E-state index < -0.39 is 10.9 Å². The first-order valence-electron chi connectivity index (χ1n) is 2.56. The summed E-state index contributed by atoms with van der Waals surface area (Å²) in [5, 5.41) is 9.70. The van der Waals surface area contributed by atoms with Crippen LogP contribution in [0.3, 0.4) is 0 Å². The maximum Gasteiger partial charge on any atom is 0.289 e. The van der Waals surface area contributed by atoms with Crippen LogP contribution in [0.15, 0.2) is 12.3 Å². The second kappa shape index (κ2) is 2.79. The standard InChI is InChI=1S/C5H2ClFN2O2/c6-4-1-3(9(10)11)2-8-5(4)7/h1-2H. The van der Waals surface area contributed by atoms with Gasteiger partial charge in [-0.25, -0.2) is 4.98 Å². The molecule has 4 nitrogen and oxygen atoms in total. The van der Waals surface area contributed by atoms with Gasteiger partial charge in [-0.15, -0.1) is 0 Å². The van der Waals surface area contributed by atoms with E-state index in [0.717, 1.165) is 12.3 Å². The van der Waals surface area contributed by atoms with Gasteiger partial charge < -0.3 is 0 Å². The van der Waals surface area contributed by atoms with Crippen LogP contribution in [0.4, 0.5) is 10.1 Å². The predicted molar refractivity (Wildman–Crippen MR) is 35.9 cm³/mol. The summed E-state index contributed by atoms with van der Waals surface area (Å²) in [6.45, 7) is 0. The summed E-state index contributed by atoms with van der Waals surface area (Å²) >= 11 is 5.22. The number of halogens is 2. The van der Waals surface area contributed by atoms with E-state index in [1.807, 2.05) is 0 Å². The fourth-order valence-electron chi connectivity index (χ4n) is 0.511. The zero-order chi connectivity index (χ0) is 8.43. The van der Waals surface area contributed by atoms with Crippen LogP contribution in [0.25, 0.3) is 0 Å². The van der Waals surface area contributed by atoms with Crippen molar-refractivity contribution < 1.29 is 9.31 Å². The van der Waals surface area contributed by atoms with E-state index in [1.165, 1.54) is 0 Å². The molecule has 6 heteroatoms. The molecule has 11 heavy (non-hydrogen) atoms. The van der Waals surface area contributed by atoms with Crippen LogP contribution in [0.5, 0.6) is 0 Å². The Balaban J connectivity index is 3.15. The Bertz CT molecular complexity index is 305. The van der Waals surface area contributed by atoms with Gasteiger partial charge in [-0.2, -0.15) is 4.39 Å². The molecule has 0 bridgehead atoms. The SMILES string of the molecule is O=[N+]([O-])c1cnc(F)c(Cl)c1. The monoisotopic (exact) mass is 176 g/mol. The molecule has 0 aromatic carbocycles. The average molecular weight is 177 g/mol. The first-order chi connectivity index (χ1) is 5.11. The highest BCUT2D eigenvalue weighted by atomic mass is 35.5. The van der Waals surface area contributed by atoms with Crippen LogP contribution in [0.1, 0.15) is 0 Å². The van der Waals surface area contributed by atoms with Crippen LogP contribution in [-0.2, 0) is 0 Å². The minimum atomic E-state index is -0.905. The van der Waals surface area contributed by atoms with Crippen molar-refractivity contribution in [1.82, 2.24) is 4.98 Å². The van der Waals surface area contributed by atoms with Crippen molar-refractivity contribution >= 4 is 17.3 Å². The molecule has 0 atom stereocenters. The van der Waals surface area contributed by atoms with Crippen molar-refractivity contribution in [2.24, 2.45) is 0 Å². The van der Waals surface area contributed by atoms with Gasteiger partial charge in [0, 0.05) is 6.07 Å². The molecule has 0 aliphatic rings. The molecule has 0 aliphatic heterocycles. The number of hydrogen-bond donors (Lipinski definition) is 0. The second-order valence-corrected chi connectivity index (χ2v) is 2.13. The fourth-order valence-corrected chi connectivity index (χ4v) is 0.672. The van der Waals surface area contributed by atoms with Gasteiger partial charge in [0.05, 0.1) is 4.92 Å². The molecule has 0 spiro atoms. The van der Waals surface area contributed by atoms with Crippen molar-refractivity contribution in [3.05, 3.63) is 33.3 Å². The molecule has 0 saturated heterocycles. The highest BCUT2D eigenvalue weighted by molar-refractivity contribution is 6.30. The molecule has 0 amide bonds. The zero-order valence-electron chi connectivity index (χ0n) is 5.12. The van der Waals surface area contributed by atoms with Gasteiger partial charge in [0.15, 0.2) is 0 Å². The van der Waals surface area contributed by atoms with Crippen LogP contribution >= 0.6 is 11.6 Å². The van der Waals surface area contributed by atoms with Gasteiger partial charge in [-0.1, -0.05) is 11.6 Å². The quantitative estimate of drug-likeness (QED) is 0.372. The van der Waals surface area contributed by atoms with Crippen molar-refractivity contribution in [2.45, 2.75) is 0 Å². The number of rotatable bonds is 1. The lowest BCUT2D eigenvalue weighted by Crippen LogP contribution is -1.91. The largest absolute Gasteiger partial charge is 0.289 e. The first kappa shape index (κ1) is 7.87. The Morgan fingerprint density at radius 1 is 1.73 bits per heavy atom. The Kier molecular flexibility index (Phi) is 2.00. The highest BCUT2D eigenvalue weighted by Crippen LogP contribution is 2.17. The topological polar surface area (TPSA) is 56.0 Å². The van der Waals surface area contributed by atoms with Crippen LogP contribution in [0, 0.1) is 16.1 Å². The third-order valence-corrected chi connectivity index (χ3v) is 1.26. The van der Waals surface area contributed by atoms with Crippen molar-refractivity contribution in [3.8, 4) is 0 Å². The lowest BCUT2D eigenvalue weighted by molar-refractivity contribution is -0.385. The maximum absolute atomic E-state index is 12.3. The summed E-state index contributed by atoms with van der Waals surface area (Å²) in [6, 6.07) is 0.907. The molecule has 1 aromatic rings. The lowest BCUT2D eigenvalue weighted by Gasteiger charge is -1.91. The molecule has 0 aliphatic carbocycles. The number of nitrogens with zero attached hydrogens (tertiary/aromatic N) is 2. The average Bonchev–Trinajstić information content (AvgIpc) is 1.94. The smallest absolute Gasteiger partial charge is 0.258 e. The minimum Gasteiger partial charge on any atom is -0.258 e. The first-order valence-corrected chi connectivity index (χ1v) is 2.94. The van der Waals surface area contributed by atoms with Crippen molar-refractivity contribution in [2.75, 3.05) is 0 Å². The molecule has 1 rings (SSSR count). The molecule has 58 valence electrons. The summed E-state index contributed by atoms with van der Waals surface area (Å²) in [6.07, 6.45) is 0.807. The molecular formula is C5H2ClFN2O2. The minimum absolute atomic E-state index is 0.323. The van der Waals surface area contributed by atoms with E-state index in [1.54, 1.807) is 0 Å². The van der Waals surface area contributed by atoms with Gasteiger partial charge in [0.25, 0.3) is 5.69 Å². The summed E-state index contributed by atoms with van der Waals surface area (Å²) in [5.74, 6) is -0.905. The van der Waals surface area contributed by atoms with Crippen molar-refractivity contribution in [3.63, 3.8) is 0 Å². The number of nitro groups is 1. The lowest BCUT2D eigenvalue weighted by atomic mass is 10.4.